The molecule has 0 saturated carbocycles. The number of halogens is 1. The van der Waals surface area contributed by atoms with Gasteiger partial charge < -0.3 is 5.32 Å². The molecule has 3 rings (SSSR count). The lowest BCUT2D eigenvalue weighted by Crippen LogP contribution is -2.02. The molecule has 0 aliphatic carbocycles. The van der Waals surface area contributed by atoms with Crippen LogP contribution in [0.2, 0.25) is 5.28 Å². The Balaban J connectivity index is 1.82. The fourth-order valence-corrected chi connectivity index (χ4v) is 1.99. The highest BCUT2D eigenvalue weighted by Gasteiger charge is 2.08. The number of hydrogen-bond donors (Lipinski definition) is 2. The van der Waals surface area contributed by atoms with Crippen molar-refractivity contribution in [3.05, 3.63) is 46.9 Å². The first-order valence-corrected chi connectivity index (χ1v) is 6.23. The van der Waals surface area contributed by atoms with E-state index < -0.39 is 0 Å². The fourth-order valence-electron chi connectivity index (χ4n) is 1.83. The van der Waals surface area contributed by atoms with Crippen LogP contribution >= 0.6 is 11.6 Å². The number of nitrogens with zero attached hydrogens (tertiary/aromatic N) is 4. The number of anilines is 1. The molecule has 0 saturated heterocycles. The van der Waals surface area contributed by atoms with E-state index in [0.717, 1.165) is 10.9 Å². The molecule has 20 heavy (non-hydrogen) atoms. The van der Waals surface area contributed by atoms with Gasteiger partial charge in [0, 0.05) is 6.54 Å². The lowest BCUT2D eigenvalue weighted by atomic mass is 10.1. The maximum absolute atomic E-state index is 8.75. The van der Waals surface area contributed by atoms with Gasteiger partial charge in [-0.15, -0.1) is 0 Å². The molecule has 0 radical (unpaired) electrons. The fraction of sp³-hybridized carbons (Fsp3) is 0.0769. The van der Waals surface area contributed by atoms with Gasteiger partial charge in [0.05, 0.1) is 23.2 Å². The van der Waals surface area contributed by atoms with E-state index >= 15 is 0 Å². The molecule has 2 aromatic heterocycles. The van der Waals surface area contributed by atoms with Gasteiger partial charge in [0.25, 0.3) is 0 Å². The first-order chi connectivity index (χ1) is 9.76. The van der Waals surface area contributed by atoms with Gasteiger partial charge in [-0.3, -0.25) is 5.10 Å². The Morgan fingerprint density at radius 1 is 1.25 bits per heavy atom. The number of fused-ring (bicyclic) bond motifs is 1. The monoisotopic (exact) mass is 284 g/mol. The summed E-state index contributed by atoms with van der Waals surface area (Å²) >= 11 is 5.86. The van der Waals surface area contributed by atoms with E-state index in [-0.39, 0.29) is 5.28 Å². The van der Waals surface area contributed by atoms with Gasteiger partial charge in [-0.1, -0.05) is 12.1 Å². The molecular weight excluding hydrogens is 276 g/mol. The molecule has 0 amide bonds. The van der Waals surface area contributed by atoms with Gasteiger partial charge in [-0.05, 0) is 29.3 Å². The smallest absolute Gasteiger partial charge is 0.226 e. The Bertz CT molecular complexity index is 787. The van der Waals surface area contributed by atoms with Crippen LogP contribution in [0.25, 0.3) is 11.0 Å². The third-order valence-electron chi connectivity index (χ3n) is 2.83. The van der Waals surface area contributed by atoms with Crippen LogP contribution in [0, 0.1) is 11.3 Å². The van der Waals surface area contributed by atoms with E-state index in [1.165, 1.54) is 0 Å². The van der Waals surface area contributed by atoms with Crippen LogP contribution < -0.4 is 5.32 Å². The SMILES string of the molecule is N#Cc1ccc(CNc2nc(Cl)nc3[nH]ncc23)cc1. The molecule has 6 nitrogen and oxygen atoms in total. The summed E-state index contributed by atoms with van der Waals surface area (Å²) in [4.78, 5) is 8.19. The first-order valence-electron chi connectivity index (χ1n) is 5.86. The van der Waals surface area contributed by atoms with Crippen LogP contribution in [-0.4, -0.2) is 20.2 Å². The number of H-pyrrole nitrogens is 1. The second kappa shape index (κ2) is 5.15. The number of hydrogen-bond acceptors (Lipinski definition) is 5. The number of benzene rings is 1. The highest BCUT2D eigenvalue weighted by Crippen LogP contribution is 2.20. The van der Waals surface area contributed by atoms with Crippen molar-refractivity contribution >= 4 is 28.5 Å². The Labute approximate surface area is 119 Å². The van der Waals surface area contributed by atoms with Crippen LogP contribution in [0.4, 0.5) is 5.82 Å². The van der Waals surface area contributed by atoms with E-state index in [4.69, 9.17) is 16.9 Å². The molecule has 0 fully saturated rings. The van der Waals surface area contributed by atoms with Crippen molar-refractivity contribution in [2.24, 2.45) is 0 Å². The van der Waals surface area contributed by atoms with Gasteiger partial charge in [0.1, 0.15) is 5.82 Å². The van der Waals surface area contributed by atoms with Crippen LogP contribution in [0.15, 0.2) is 30.5 Å². The summed E-state index contributed by atoms with van der Waals surface area (Å²) in [5.74, 6) is 0.623. The first kappa shape index (κ1) is 12.4. The van der Waals surface area contributed by atoms with Crippen molar-refractivity contribution < 1.29 is 0 Å². The summed E-state index contributed by atoms with van der Waals surface area (Å²) in [7, 11) is 0. The average molecular weight is 285 g/mol. The zero-order valence-electron chi connectivity index (χ0n) is 10.3. The molecule has 3 aromatic rings. The third kappa shape index (κ3) is 2.39. The standard InChI is InChI=1S/C13H9ClN6/c14-13-18-11(10-7-17-20-12(10)19-13)16-6-9-3-1-8(5-15)2-4-9/h1-4,7H,6H2,(H2,16,17,18,19,20). The molecule has 2 heterocycles. The minimum absolute atomic E-state index is 0.157. The van der Waals surface area contributed by atoms with Gasteiger partial charge in [0.2, 0.25) is 5.28 Å². The zero-order chi connectivity index (χ0) is 13.9. The lowest BCUT2D eigenvalue weighted by molar-refractivity contribution is 1.08. The number of aromatic amines is 1. The van der Waals surface area contributed by atoms with Crippen LogP contribution in [0.1, 0.15) is 11.1 Å². The van der Waals surface area contributed by atoms with E-state index in [1.807, 2.05) is 12.1 Å². The molecule has 7 heteroatoms. The molecule has 0 bridgehead atoms. The molecule has 0 aliphatic heterocycles. The van der Waals surface area contributed by atoms with Gasteiger partial charge in [-0.2, -0.15) is 20.3 Å². The van der Waals surface area contributed by atoms with E-state index in [1.54, 1.807) is 18.3 Å². The Morgan fingerprint density at radius 3 is 2.80 bits per heavy atom. The molecule has 2 N–H and O–H groups in total. The quantitative estimate of drug-likeness (QED) is 0.721. The molecule has 98 valence electrons. The van der Waals surface area contributed by atoms with Crippen LogP contribution in [-0.2, 0) is 6.54 Å². The second-order valence-electron chi connectivity index (χ2n) is 4.14. The average Bonchev–Trinajstić information content (AvgIpc) is 2.93. The number of nitrogens with one attached hydrogen (secondary N) is 2. The predicted molar refractivity (Wildman–Crippen MR) is 75.2 cm³/mol. The van der Waals surface area contributed by atoms with E-state index in [9.17, 15) is 0 Å². The van der Waals surface area contributed by atoms with Crippen molar-refractivity contribution in [1.29, 1.82) is 5.26 Å². The summed E-state index contributed by atoms with van der Waals surface area (Å²) in [5.41, 5.74) is 2.26. The largest absolute Gasteiger partial charge is 0.365 e. The summed E-state index contributed by atoms with van der Waals surface area (Å²) in [6, 6.07) is 9.42. The second-order valence-corrected chi connectivity index (χ2v) is 4.47. The highest BCUT2D eigenvalue weighted by molar-refractivity contribution is 6.28. The number of rotatable bonds is 3. The van der Waals surface area contributed by atoms with Gasteiger partial charge in [0.15, 0.2) is 5.65 Å². The topological polar surface area (TPSA) is 90.3 Å². The van der Waals surface area contributed by atoms with Crippen molar-refractivity contribution in [3.8, 4) is 6.07 Å². The van der Waals surface area contributed by atoms with Crippen molar-refractivity contribution in [1.82, 2.24) is 20.2 Å². The predicted octanol–water partition coefficient (Wildman–Crippen LogP) is 2.49. The molecule has 0 atom stereocenters. The summed E-state index contributed by atoms with van der Waals surface area (Å²) in [6.07, 6.45) is 1.65. The summed E-state index contributed by atoms with van der Waals surface area (Å²) in [5, 5.41) is 19.6. The minimum Gasteiger partial charge on any atom is -0.365 e. The molecule has 0 unspecified atom stereocenters. The Morgan fingerprint density at radius 2 is 2.05 bits per heavy atom. The molecule has 0 aliphatic rings. The van der Waals surface area contributed by atoms with Crippen LogP contribution in [0.3, 0.4) is 0 Å². The normalized spacial score (nSPS) is 10.4. The third-order valence-corrected chi connectivity index (χ3v) is 2.99. The molecule has 1 aromatic carbocycles. The van der Waals surface area contributed by atoms with Crippen molar-refractivity contribution in [2.75, 3.05) is 5.32 Å². The van der Waals surface area contributed by atoms with Crippen molar-refractivity contribution in [2.45, 2.75) is 6.54 Å². The Hall–Kier alpha value is -2.65. The van der Waals surface area contributed by atoms with Crippen LogP contribution in [0.5, 0.6) is 0 Å². The minimum atomic E-state index is 0.157. The van der Waals surface area contributed by atoms with E-state index in [0.29, 0.717) is 23.6 Å². The highest BCUT2D eigenvalue weighted by atomic mass is 35.5. The van der Waals surface area contributed by atoms with E-state index in [2.05, 4.69) is 31.6 Å². The zero-order valence-corrected chi connectivity index (χ0v) is 11.0. The van der Waals surface area contributed by atoms with Gasteiger partial charge >= 0.3 is 0 Å². The molecule has 0 spiro atoms. The number of nitriles is 1. The van der Waals surface area contributed by atoms with Gasteiger partial charge in [-0.25, -0.2) is 0 Å². The number of aromatic nitrogens is 4. The lowest BCUT2D eigenvalue weighted by Gasteiger charge is -2.06. The maximum Gasteiger partial charge on any atom is 0.226 e. The Kier molecular flexibility index (Phi) is 3.19. The maximum atomic E-state index is 8.75. The summed E-state index contributed by atoms with van der Waals surface area (Å²) in [6.45, 7) is 0.569. The summed E-state index contributed by atoms with van der Waals surface area (Å²) < 4.78 is 0. The van der Waals surface area contributed by atoms with Crippen molar-refractivity contribution in [3.63, 3.8) is 0 Å². The molecular formula is C13H9ClN6.